The third kappa shape index (κ3) is 1.57. The van der Waals surface area contributed by atoms with Crippen molar-refractivity contribution in [3.63, 3.8) is 0 Å². The Bertz CT molecular complexity index is 328. The highest BCUT2D eigenvalue weighted by Gasteiger charge is 2.34. The lowest BCUT2D eigenvalue weighted by atomic mass is 10.1. The Morgan fingerprint density at radius 2 is 1.92 bits per heavy atom. The lowest BCUT2D eigenvalue weighted by molar-refractivity contribution is 0.0876. The van der Waals surface area contributed by atoms with Gasteiger partial charge in [0.25, 0.3) is 5.91 Å². The molecule has 2 heteroatoms. The predicted molar refractivity (Wildman–Crippen MR) is 51.7 cm³/mol. The Hall–Kier alpha value is -1.31. The molecule has 68 valence electrons. The molecular weight excluding hydrogens is 162 g/mol. The Labute approximate surface area is 78.2 Å². The summed E-state index contributed by atoms with van der Waals surface area (Å²) >= 11 is 0. The normalized spacial score (nSPS) is 20.2. The molecule has 2 nitrogen and oxygen atoms in total. The number of benzene rings is 1. The lowest BCUT2D eigenvalue weighted by Crippen LogP contribution is -2.12. The average molecular weight is 175 g/mol. The number of carbonyl (C=O) groups is 1. The molecule has 1 aromatic carbocycles. The molecule has 1 fully saturated rings. The van der Waals surface area contributed by atoms with Crippen molar-refractivity contribution in [3.8, 4) is 0 Å². The first-order valence-corrected chi connectivity index (χ1v) is 4.56. The van der Waals surface area contributed by atoms with Crippen LogP contribution < -0.4 is 0 Å². The first-order valence-electron chi connectivity index (χ1n) is 4.56. The van der Waals surface area contributed by atoms with Crippen LogP contribution in [0, 0.1) is 6.92 Å². The zero-order valence-electron chi connectivity index (χ0n) is 7.95. The number of hydrogen-bond acceptors (Lipinski definition) is 1. The Balaban J connectivity index is 2.17. The van der Waals surface area contributed by atoms with Gasteiger partial charge in [0.05, 0.1) is 0 Å². The second-order valence-electron chi connectivity index (χ2n) is 3.67. The van der Waals surface area contributed by atoms with E-state index >= 15 is 0 Å². The van der Waals surface area contributed by atoms with Gasteiger partial charge in [0, 0.05) is 18.2 Å². The third-order valence-corrected chi connectivity index (χ3v) is 2.42. The monoisotopic (exact) mass is 175 g/mol. The van der Waals surface area contributed by atoms with Crippen LogP contribution in [0.3, 0.4) is 0 Å². The predicted octanol–water partition coefficient (Wildman–Crippen LogP) is 1.84. The van der Waals surface area contributed by atoms with Gasteiger partial charge in [-0.1, -0.05) is 17.7 Å². The maximum Gasteiger partial charge on any atom is 0.254 e. The van der Waals surface area contributed by atoms with Crippen molar-refractivity contribution in [3.05, 3.63) is 35.4 Å². The molecule has 1 aliphatic heterocycles. The maximum absolute atomic E-state index is 11.7. The van der Waals surface area contributed by atoms with Gasteiger partial charge in [0.2, 0.25) is 0 Å². The fraction of sp³-hybridized carbons (Fsp3) is 0.364. The average Bonchev–Trinajstić information content (AvgIpc) is 2.83. The van der Waals surface area contributed by atoms with Crippen molar-refractivity contribution in [2.45, 2.75) is 19.9 Å². The molecule has 1 heterocycles. The molecule has 0 saturated carbocycles. The highest BCUT2D eigenvalue weighted by molar-refractivity contribution is 5.95. The first-order chi connectivity index (χ1) is 6.18. The second-order valence-corrected chi connectivity index (χ2v) is 3.67. The van der Waals surface area contributed by atoms with E-state index in [1.165, 1.54) is 5.56 Å². The fourth-order valence-electron chi connectivity index (χ4n) is 1.38. The third-order valence-electron chi connectivity index (χ3n) is 2.42. The van der Waals surface area contributed by atoms with Gasteiger partial charge in [0.15, 0.2) is 0 Å². The van der Waals surface area contributed by atoms with Gasteiger partial charge in [-0.2, -0.15) is 0 Å². The topological polar surface area (TPSA) is 20.1 Å². The van der Waals surface area contributed by atoms with E-state index in [0.29, 0.717) is 6.04 Å². The summed E-state index contributed by atoms with van der Waals surface area (Å²) in [7, 11) is 0. The van der Waals surface area contributed by atoms with Crippen LogP contribution in [-0.2, 0) is 0 Å². The zero-order chi connectivity index (χ0) is 9.42. The minimum absolute atomic E-state index is 0.160. The molecule has 1 saturated heterocycles. The van der Waals surface area contributed by atoms with Crippen molar-refractivity contribution >= 4 is 5.91 Å². The van der Waals surface area contributed by atoms with E-state index in [9.17, 15) is 4.79 Å². The van der Waals surface area contributed by atoms with Gasteiger partial charge in [-0.05, 0) is 26.0 Å². The molecule has 0 radical (unpaired) electrons. The molecule has 0 unspecified atom stereocenters. The van der Waals surface area contributed by atoms with Gasteiger partial charge in [0.1, 0.15) is 0 Å². The quantitative estimate of drug-likeness (QED) is 0.596. The molecular formula is C11H13NO. The zero-order valence-corrected chi connectivity index (χ0v) is 7.95. The van der Waals surface area contributed by atoms with Crippen LogP contribution in [-0.4, -0.2) is 23.4 Å². The van der Waals surface area contributed by atoms with Gasteiger partial charge >= 0.3 is 0 Å². The first kappa shape index (κ1) is 8.30. The van der Waals surface area contributed by atoms with Crippen LogP contribution in [0.4, 0.5) is 0 Å². The number of aryl methyl sites for hydroxylation is 1. The Morgan fingerprint density at radius 1 is 1.38 bits per heavy atom. The minimum atomic E-state index is 0.160. The highest BCUT2D eigenvalue weighted by Crippen LogP contribution is 2.20. The molecule has 0 aliphatic carbocycles. The largest absolute Gasteiger partial charge is 0.332 e. The lowest BCUT2D eigenvalue weighted by Gasteiger charge is -2.02. The van der Waals surface area contributed by atoms with Crippen molar-refractivity contribution in [1.82, 2.24) is 4.90 Å². The second kappa shape index (κ2) is 2.87. The molecule has 1 aliphatic rings. The standard InChI is InChI=1S/C11H13NO/c1-8-3-5-10(6-4-8)11(13)12-7-9(12)2/h3-6,9H,7H2,1-2H3/t9-,12?/m0/s1. The van der Waals surface area contributed by atoms with Crippen LogP contribution in [0.25, 0.3) is 0 Å². The smallest absolute Gasteiger partial charge is 0.254 e. The van der Waals surface area contributed by atoms with Gasteiger partial charge in [-0.3, -0.25) is 4.79 Å². The Kier molecular flexibility index (Phi) is 1.83. The number of carbonyl (C=O) groups excluding carboxylic acids is 1. The summed E-state index contributed by atoms with van der Waals surface area (Å²) in [5.41, 5.74) is 1.99. The molecule has 2 rings (SSSR count). The number of nitrogens with zero attached hydrogens (tertiary/aromatic N) is 1. The van der Waals surface area contributed by atoms with E-state index in [0.717, 1.165) is 12.1 Å². The van der Waals surface area contributed by atoms with Crippen LogP contribution in [0.5, 0.6) is 0 Å². The van der Waals surface area contributed by atoms with E-state index in [2.05, 4.69) is 6.92 Å². The van der Waals surface area contributed by atoms with E-state index < -0.39 is 0 Å². The van der Waals surface area contributed by atoms with Crippen LogP contribution in [0.15, 0.2) is 24.3 Å². The van der Waals surface area contributed by atoms with Crippen molar-refractivity contribution in [2.75, 3.05) is 6.54 Å². The van der Waals surface area contributed by atoms with Crippen molar-refractivity contribution < 1.29 is 4.79 Å². The fourth-order valence-corrected chi connectivity index (χ4v) is 1.38. The molecule has 0 aromatic heterocycles. The molecule has 1 aromatic rings. The Morgan fingerprint density at radius 3 is 2.38 bits per heavy atom. The number of hydrogen-bond donors (Lipinski definition) is 0. The summed E-state index contributed by atoms with van der Waals surface area (Å²) in [4.78, 5) is 13.5. The van der Waals surface area contributed by atoms with Gasteiger partial charge in [-0.25, -0.2) is 0 Å². The maximum atomic E-state index is 11.7. The summed E-state index contributed by atoms with van der Waals surface area (Å²) in [6.45, 7) is 4.99. The summed E-state index contributed by atoms with van der Waals surface area (Å²) in [6, 6.07) is 8.17. The SMILES string of the molecule is Cc1ccc(C(=O)N2C[C@@H]2C)cc1. The summed E-state index contributed by atoms with van der Waals surface area (Å²) < 4.78 is 0. The molecule has 1 amide bonds. The van der Waals surface area contributed by atoms with E-state index in [-0.39, 0.29) is 5.91 Å². The molecule has 13 heavy (non-hydrogen) atoms. The van der Waals surface area contributed by atoms with E-state index in [1.54, 1.807) is 0 Å². The van der Waals surface area contributed by atoms with Crippen LogP contribution >= 0.6 is 0 Å². The number of amides is 1. The summed E-state index contributed by atoms with van der Waals surface area (Å²) in [5.74, 6) is 0.160. The molecule has 0 bridgehead atoms. The highest BCUT2D eigenvalue weighted by atomic mass is 16.2. The molecule has 0 N–H and O–H groups in total. The van der Waals surface area contributed by atoms with Gasteiger partial charge in [-0.15, -0.1) is 0 Å². The van der Waals surface area contributed by atoms with Crippen LogP contribution in [0.2, 0.25) is 0 Å². The number of rotatable bonds is 1. The summed E-state index contributed by atoms with van der Waals surface area (Å²) in [6.07, 6.45) is 0. The van der Waals surface area contributed by atoms with Crippen molar-refractivity contribution in [1.29, 1.82) is 0 Å². The van der Waals surface area contributed by atoms with E-state index in [1.807, 2.05) is 36.1 Å². The van der Waals surface area contributed by atoms with E-state index in [4.69, 9.17) is 0 Å². The molecule has 1 atom stereocenters. The van der Waals surface area contributed by atoms with Crippen molar-refractivity contribution in [2.24, 2.45) is 0 Å². The molecule has 0 spiro atoms. The minimum Gasteiger partial charge on any atom is -0.332 e. The van der Waals surface area contributed by atoms with Gasteiger partial charge < -0.3 is 4.90 Å². The summed E-state index contributed by atoms with van der Waals surface area (Å²) in [5, 5.41) is 0. The van der Waals surface area contributed by atoms with Crippen LogP contribution in [0.1, 0.15) is 22.8 Å².